The maximum Gasteiger partial charge on any atom is 0.330 e. The van der Waals surface area contributed by atoms with Gasteiger partial charge in [-0.1, -0.05) is 49.4 Å². The molecule has 0 atom stereocenters. The minimum absolute atomic E-state index is 0.306. The Morgan fingerprint density at radius 1 is 1.03 bits per heavy atom. The summed E-state index contributed by atoms with van der Waals surface area (Å²) in [5.41, 5.74) is 3.74. The second-order valence-corrected chi connectivity index (χ2v) is 8.41. The molecule has 184 valence electrons. The standard InChI is InChI=1S/C25H26N8O3/c1-3-6-21-27-23-22(24(34)28-25(35)31(23)13-14-36-2)32(21)15-17-9-11-18(12-10-17)19-7-4-5-8-20(19)33-16-26-29-30-33/h4-5,7-12,16H,3,6,13-15H2,1-2H3,(H,28,34,35). The molecule has 0 saturated carbocycles. The van der Waals surface area contributed by atoms with Crippen molar-refractivity contribution in [3.05, 3.63) is 87.1 Å². The first-order valence-corrected chi connectivity index (χ1v) is 11.7. The van der Waals surface area contributed by atoms with Crippen LogP contribution in [0.4, 0.5) is 0 Å². The van der Waals surface area contributed by atoms with Crippen molar-refractivity contribution in [2.45, 2.75) is 32.9 Å². The zero-order valence-electron chi connectivity index (χ0n) is 20.1. The van der Waals surface area contributed by atoms with E-state index in [4.69, 9.17) is 9.72 Å². The fraction of sp³-hybridized carbons (Fsp3) is 0.280. The number of methoxy groups -OCH3 is 1. The molecule has 11 nitrogen and oxygen atoms in total. The average molecular weight is 487 g/mol. The molecule has 0 aliphatic carbocycles. The van der Waals surface area contributed by atoms with Gasteiger partial charge in [-0.15, -0.1) is 5.10 Å². The number of hydrogen-bond donors (Lipinski definition) is 1. The molecule has 0 aliphatic heterocycles. The smallest absolute Gasteiger partial charge is 0.330 e. The van der Waals surface area contributed by atoms with Crippen LogP contribution in [0.25, 0.3) is 28.0 Å². The maximum absolute atomic E-state index is 12.9. The van der Waals surface area contributed by atoms with E-state index in [1.54, 1.807) is 18.1 Å². The van der Waals surface area contributed by atoms with Crippen LogP contribution >= 0.6 is 0 Å². The first-order valence-electron chi connectivity index (χ1n) is 11.7. The molecular weight excluding hydrogens is 460 g/mol. The highest BCUT2D eigenvalue weighted by Gasteiger charge is 2.18. The highest BCUT2D eigenvalue weighted by atomic mass is 16.5. The quantitative estimate of drug-likeness (QED) is 0.338. The van der Waals surface area contributed by atoms with E-state index in [0.29, 0.717) is 37.3 Å². The fourth-order valence-electron chi connectivity index (χ4n) is 4.35. The van der Waals surface area contributed by atoms with Gasteiger partial charge in [0.1, 0.15) is 12.2 Å². The molecule has 3 aromatic heterocycles. The molecule has 0 unspecified atom stereocenters. The van der Waals surface area contributed by atoms with E-state index in [-0.39, 0.29) is 0 Å². The first-order chi connectivity index (χ1) is 17.6. The van der Waals surface area contributed by atoms with Gasteiger partial charge in [-0.2, -0.15) is 4.68 Å². The molecule has 3 heterocycles. The number of rotatable bonds is 9. The number of para-hydroxylation sites is 1. The lowest BCUT2D eigenvalue weighted by Crippen LogP contribution is -2.32. The number of aryl methyl sites for hydroxylation is 1. The molecule has 36 heavy (non-hydrogen) atoms. The lowest BCUT2D eigenvalue weighted by atomic mass is 10.0. The first kappa shape index (κ1) is 23.4. The van der Waals surface area contributed by atoms with Crippen LogP contribution in [-0.4, -0.2) is 53.0 Å². The van der Waals surface area contributed by atoms with Gasteiger partial charge in [-0.3, -0.25) is 14.3 Å². The Morgan fingerprint density at radius 2 is 1.83 bits per heavy atom. The van der Waals surface area contributed by atoms with Gasteiger partial charge in [0, 0.05) is 25.6 Å². The Hall–Kier alpha value is -4.38. The summed E-state index contributed by atoms with van der Waals surface area (Å²) >= 11 is 0. The van der Waals surface area contributed by atoms with Crippen molar-refractivity contribution in [3.63, 3.8) is 0 Å². The molecule has 0 saturated heterocycles. The fourth-order valence-corrected chi connectivity index (χ4v) is 4.35. The average Bonchev–Trinajstić information content (AvgIpc) is 3.54. The highest BCUT2D eigenvalue weighted by Crippen LogP contribution is 2.27. The summed E-state index contributed by atoms with van der Waals surface area (Å²) < 4.78 is 10.1. The molecule has 5 rings (SSSR count). The number of nitrogens with one attached hydrogen (secondary N) is 1. The number of nitrogens with zero attached hydrogens (tertiary/aromatic N) is 7. The third kappa shape index (κ3) is 4.36. The van der Waals surface area contributed by atoms with Crippen LogP contribution in [-0.2, 0) is 24.2 Å². The number of fused-ring (bicyclic) bond motifs is 1. The molecule has 11 heteroatoms. The molecule has 0 bridgehead atoms. The topological polar surface area (TPSA) is 126 Å². The zero-order valence-corrected chi connectivity index (χ0v) is 20.1. The molecule has 0 spiro atoms. The van der Waals surface area contributed by atoms with Crippen molar-refractivity contribution >= 4 is 11.2 Å². The van der Waals surface area contributed by atoms with Crippen LogP contribution in [0.15, 0.2) is 64.4 Å². The van der Waals surface area contributed by atoms with Crippen molar-refractivity contribution < 1.29 is 4.74 Å². The van der Waals surface area contributed by atoms with Gasteiger partial charge >= 0.3 is 5.69 Å². The van der Waals surface area contributed by atoms with Gasteiger partial charge in [-0.05, 0) is 34.0 Å². The van der Waals surface area contributed by atoms with E-state index < -0.39 is 11.2 Å². The van der Waals surface area contributed by atoms with Crippen molar-refractivity contribution in [2.75, 3.05) is 13.7 Å². The van der Waals surface area contributed by atoms with Crippen LogP contribution in [0.1, 0.15) is 24.7 Å². The van der Waals surface area contributed by atoms with Crippen LogP contribution in [0.2, 0.25) is 0 Å². The predicted octanol–water partition coefficient (Wildman–Crippen LogP) is 2.18. The Bertz CT molecular complexity index is 1600. The minimum Gasteiger partial charge on any atom is -0.383 e. The molecule has 0 aliphatic rings. The van der Waals surface area contributed by atoms with E-state index >= 15 is 0 Å². The molecule has 0 amide bonds. The summed E-state index contributed by atoms with van der Waals surface area (Å²) in [6, 6.07) is 16.0. The summed E-state index contributed by atoms with van der Waals surface area (Å²) in [5.74, 6) is 0.767. The predicted molar refractivity (Wildman–Crippen MR) is 134 cm³/mol. The lowest BCUT2D eigenvalue weighted by molar-refractivity contribution is 0.187. The summed E-state index contributed by atoms with van der Waals surface area (Å²) in [4.78, 5) is 32.5. The van der Waals surface area contributed by atoms with Gasteiger partial charge in [0.05, 0.1) is 18.8 Å². The monoisotopic (exact) mass is 486 g/mol. The van der Waals surface area contributed by atoms with E-state index in [1.165, 1.54) is 4.57 Å². The largest absolute Gasteiger partial charge is 0.383 e. The van der Waals surface area contributed by atoms with Crippen molar-refractivity contribution in [3.8, 4) is 16.8 Å². The van der Waals surface area contributed by atoms with Crippen molar-refractivity contribution in [1.29, 1.82) is 0 Å². The van der Waals surface area contributed by atoms with Gasteiger partial charge in [0.2, 0.25) is 0 Å². The van der Waals surface area contributed by atoms with Crippen LogP contribution in [0.5, 0.6) is 0 Å². The van der Waals surface area contributed by atoms with Crippen LogP contribution < -0.4 is 11.2 Å². The summed E-state index contributed by atoms with van der Waals surface area (Å²) in [6.07, 6.45) is 3.11. The molecule has 0 fully saturated rings. The Balaban J connectivity index is 1.53. The Morgan fingerprint density at radius 3 is 2.56 bits per heavy atom. The van der Waals surface area contributed by atoms with Gasteiger partial charge in [0.25, 0.3) is 5.56 Å². The minimum atomic E-state index is -0.483. The Kier molecular flexibility index (Phi) is 6.54. The Labute approximate surface area is 206 Å². The molecule has 5 aromatic rings. The number of hydrogen-bond acceptors (Lipinski definition) is 7. The third-order valence-corrected chi connectivity index (χ3v) is 6.06. The zero-order chi connectivity index (χ0) is 25.1. The number of aromatic amines is 1. The van der Waals surface area contributed by atoms with Crippen LogP contribution in [0.3, 0.4) is 0 Å². The number of H-pyrrole nitrogens is 1. The lowest BCUT2D eigenvalue weighted by Gasteiger charge is -2.11. The number of tetrazole rings is 1. The molecular formula is C25H26N8O3. The van der Waals surface area contributed by atoms with E-state index in [9.17, 15) is 9.59 Å². The number of aromatic nitrogens is 8. The second-order valence-electron chi connectivity index (χ2n) is 8.41. The van der Waals surface area contributed by atoms with Crippen LogP contribution in [0, 0.1) is 0 Å². The highest BCUT2D eigenvalue weighted by molar-refractivity contribution is 5.73. The van der Waals surface area contributed by atoms with Crippen molar-refractivity contribution in [1.82, 2.24) is 39.3 Å². The summed E-state index contributed by atoms with van der Waals surface area (Å²) in [7, 11) is 1.57. The third-order valence-electron chi connectivity index (χ3n) is 6.06. The van der Waals surface area contributed by atoms with E-state index in [1.807, 2.05) is 53.1 Å². The number of benzene rings is 2. The normalized spacial score (nSPS) is 11.4. The number of imidazole rings is 1. The van der Waals surface area contributed by atoms with E-state index in [0.717, 1.165) is 34.6 Å². The van der Waals surface area contributed by atoms with Crippen molar-refractivity contribution in [2.24, 2.45) is 0 Å². The van der Waals surface area contributed by atoms with Gasteiger partial charge in [-0.25, -0.2) is 9.78 Å². The summed E-state index contributed by atoms with van der Waals surface area (Å²) in [5, 5.41) is 11.5. The SMILES string of the molecule is CCCc1nc2c(c(=O)[nH]c(=O)n2CCOC)n1Cc1ccc(-c2ccccc2-n2cnnn2)cc1. The molecule has 1 N–H and O–H groups in total. The van der Waals surface area contributed by atoms with E-state index in [2.05, 4.69) is 27.4 Å². The van der Waals surface area contributed by atoms with Gasteiger partial charge in [0.15, 0.2) is 11.2 Å². The number of ether oxygens (including phenoxy) is 1. The maximum atomic E-state index is 12.9. The van der Waals surface area contributed by atoms with Gasteiger partial charge < -0.3 is 9.30 Å². The second kappa shape index (κ2) is 10.1. The summed E-state index contributed by atoms with van der Waals surface area (Å²) in [6.45, 7) is 3.15. The molecule has 0 radical (unpaired) electrons. The molecule has 2 aromatic carbocycles.